The van der Waals surface area contributed by atoms with Crippen LogP contribution in [0.3, 0.4) is 0 Å². The van der Waals surface area contributed by atoms with Gasteiger partial charge in [-0.1, -0.05) is 0 Å². The van der Waals surface area contributed by atoms with E-state index in [0.29, 0.717) is 22.7 Å². The molecule has 2 amide bonds. The Morgan fingerprint density at radius 1 is 1.15 bits per heavy atom. The van der Waals surface area contributed by atoms with Crippen molar-refractivity contribution in [2.75, 3.05) is 0 Å². The number of amides is 2. The molecule has 3 aromatic rings. The molecule has 4 rings (SSSR count). The standard InChI is InChI=1S/C23H24N6O4S/c1-12(33-15-6-7-16(25-11-15)19(30)13-4-5-13)18-8-17(29-34-18)14-9-26-20(27-10-14)21(31)28-23(2,3)22(24)32/h6-13H,4-5H2,1-3H3,(H2,24,32)(H,28,31). The van der Waals surface area contributed by atoms with Gasteiger partial charge < -0.3 is 15.8 Å². The van der Waals surface area contributed by atoms with E-state index < -0.39 is 17.4 Å². The fraction of sp³-hybridized carbons (Fsp3) is 0.348. The molecule has 1 saturated carbocycles. The number of Topliss-reactive ketones (excluding diaryl/α,β-unsaturated/α-hetero) is 1. The molecule has 176 valence electrons. The van der Waals surface area contributed by atoms with Gasteiger partial charge >= 0.3 is 0 Å². The molecule has 1 atom stereocenters. The summed E-state index contributed by atoms with van der Waals surface area (Å²) in [5.74, 6) is -0.567. The number of carbonyl (C=O) groups is 3. The maximum absolute atomic E-state index is 12.3. The van der Waals surface area contributed by atoms with Gasteiger partial charge in [-0.2, -0.15) is 4.37 Å². The van der Waals surface area contributed by atoms with Gasteiger partial charge in [-0.25, -0.2) is 15.0 Å². The summed E-state index contributed by atoms with van der Waals surface area (Å²) in [5, 5.41) is 2.50. The number of ether oxygens (including phenoxy) is 1. The van der Waals surface area contributed by atoms with Crippen molar-refractivity contribution in [3.05, 3.63) is 53.2 Å². The molecule has 3 N–H and O–H groups in total. The van der Waals surface area contributed by atoms with Crippen LogP contribution in [0.4, 0.5) is 0 Å². The number of primary amides is 1. The zero-order valence-electron chi connectivity index (χ0n) is 18.9. The topological polar surface area (TPSA) is 150 Å². The van der Waals surface area contributed by atoms with E-state index in [1.54, 1.807) is 18.3 Å². The second-order valence-corrected chi connectivity index (χ2v) is 9.47. The summed E-state index contributed by atoms with van der Waals surface area (Å²) in [7, 11) is 0. The Morgan fingerprint density at radius 3 is 2.44 bits per heavy atom. The Labute approximate surface area is 200 Å². The van der Waals surface area contributed by atoms with Crippen molar-refractivity contribution < 1.29 is 19.1 Å². The number of aromatic nitrogens is 4. The quantitative estimate of drug-likeness (QED) is 0.444. The van der Waals surface area contributed by atoms with Crippen LogP contribution in [0.2, 0.25) is 0 Å². The third kappa shape index (κ3) is 5.25. The Balaban J connectivity index is 1.39. The number of hydrogen-bond donors (Lipinski definition) is 2. The molecule has 3 aromatic heterocycles. The number of hydrogen-bond acceptors (Lipinski definition) is 9. The molecule has 0 aromatic carbocycles. The van der Waals surface area contributed by atoms with Crippen LogP contribution in [0.25, 0.3) is 11.3 Å². The average molecular weight is 481 g/mol. The van der Waals surface area contributed by atoms with E-state index in [1.165, 1.54) is 37.8 Å². The minimum Gasteiger partial charge on any atom is -0.484 e. The highest BCUT2D eigenvalue weighted by atomic mass is 32.1. The lowest BCUT2D eigenvalue weighted by molar-refractivity contribution is -0.122. The number of ketones is 1. The second kappa shape index (κ2) is 9.26. The predicted octanol–water partition coefficient (Wildman–Crippen LogP) is 2.72. The van der Waals surface area contributed by atoms with Gasteiger partial charge in [0.2, 0.25) is 11.7 Å². The lowest BCUT2D eigenvalue weighted by Gasteiger charge is -2.21. The van der Waals surface area contributed by atoms with Crippen molar-refractivity contribution >= 4 is 29.1 Å². The van der Waals surface area contributed by atoms with Crippen LogP contribution in [0, 0.1) is 5.92 Å². The van der Waals surface area contributed by atoms with Crippen LogP contribution in [-0.4, -0.2) is 42.5 Å². The first-order valence-electron chi connectivity index (χ1n) is 10.7. The molecular weight excluding hydrogens is 456 g/mol. The normalized spacial score (nSPS) is 14.3. The summed E-state index contributed by atoms with van der Waals surface area (Å²) >= 11 is 1.28. The van der Waals surface area contributed by atoms with E-state index in [2.05, 4.69) is 24.6 Å². The zero-order chi connectivity index (χ0) is 24.5. The highest BCUT2D eigenvalue weighted by Gasteiger charge is 2.31. The average Bonchev–Trinajstić information content (AvgIpc) is 3.54. The molecule has 1 unspecified atom stereocenters. The lowest BCUT2D eigenvalue weighted by Crippen LogP contribution is -2.53. The van der Waals surface area contributed by atoms with Crippen molar-refractivity contribution in [2.24, 2.45) is 11.7 Å². The third-order valence-electron chi connectivity index (χ3n) is 5.37. The van der Waals surface area contributed by atoms with Crippen LogP contribution in [0.5, 0.6) is 5.75 Å². The summed E-state index contributed by atoms with van der Waals surface area (Å²) in [6.07, 6.45) is 6.13. The van der Waals surface area contributed by atoms with E-state index in [9.17, 15) is 14.4 Å². The summed E-state index contributed by atoms with van der Waals surface area (Å²) in [5.41, 5.74) is 5.80. The Hall–Kier alpha value is -3.73. The minimum absolute atomic E-state index is 0.0821. The fourth-order valence-corrected chi connectivity index (χ4v) is 3.73. The molecule has 1 aliphatic carbocycles. The van der Waals surface area contributed by atoms with Crippen molar-refractivity contribution in [2.45, 2.75) is 45.3 Å². The van der Waals surface area contributed by atoms with E-state index in [1.807, 2.05) is 13.0 Å². The first-order chi connectivity index (χ1) is 16.1. The number of nitrogens with zero attached hydrogens (tertiary/aromatic N) is 4. The molecule has 0 saturated heterocycles. The maximum atomic E-state index is 12.3. The Kier molecular flexibility index (Phi) is 6.38. The summed E-state index contributed by atoms with van der Waals surface area (Å²) in [4.78, 5) is 49.0. The Morgan fingerprint density at radius 2 is 1.85 bits per heavy atom. The molecular formula is C23H24N6O4S. The number of nitrogens with one attached hydrogen (secondary N) is 1. The third-order valence-corrected chi connectivity index (χ3v) is 6.32. The molecule has 0 aliphatic heterocycles. The van der Waals surface area contributed by atoms with Gasteiger partial charge in [0.15, 0.2) is 5.78 Å². The summed E-state index contributed by atoms with van der Waals surface area (Å²) in [6, 6.07) is 5.31. The minimum atomic E-state index is -1.22. The lowest BCUT2D eigenvalue weighted by atomic mass is 10.1. The van der Waals surface area contributed by atoms with Crippen LogP contribution < -0.4 is 15.8 Å². The van der Waals surface area contributed by atoms with Gasteiger partial charge in [0.1, 0.15) is 23.1 Å². The maximum Gasteiger partial charge on any atom is 0.289 e. The predicted molar refractivity (Wildman–Crippen MR) is 124 cm³/mol. The van der Waals surface area contributed by atoms with Crippen molar-refractivity contribution in [3.63, 3.8) is 0 Å². The molecule has 1 fully saturated rings. The highest BCUT2D eigenvalue weighted by molar-refractivity contribution is 7.06. The Bertz CT molecular complexity index is 1220. The number of pyridine rings is 1. The monoisotopic (exact) mass is 480 g/mol. The van der Waals surface area contributed by atoms with Gasteiger partial charge in [-0.15, -0.1) is 0 Å². The van der Waals surface area contributed by atoms with Crippen molar-refractivity contribution in [1.29, 1.82) is 0 Å². The van der Waals surface area contributed by atoms with Crippen LogP contribution in [0.1, 0.15) is 65.7 Å². The van der Waals surface area contributed by atoms with Crippen LogP contribution >= 0.6 is 11.5 Å². The van der Waals surface area contributed by atoms with E-state index in [-0.39, 0.29) is 23.6 Å². The van der Waals surface area contributed by atoms with E-state index in [0.717, 1.165) is 17.7 Å². The molecule has 11 heteroatoms. The van der Waals surface area contributed by atoms with Crippen molar-refractivity contribution in [1.82, 2.24) is 24.6 Å². The number of nitrogens with two attached hydrogens (primary N) is 1. The molecule has 3 heterocycles. The number of rotatable bonds is 9. The van der Waals surface area contributed by atoms with Crippen molar-refractivity contribution in [3.8, 4) is 17.0 Å². The van der Waals surface area contributed by atoms with Gasteiger partial charge in [0.25, 0.3) is 5.91 Å². The van der Waals surface area contributed by atoms with Crippen LogP contribution in [-0.2, 0) is 4.79 Å². The van der Waals surface area contributed by atoms with Gasteiger partial charge in [-0.05, 0) is 63.3 Å². The van der Waals surface area contributed by atoms with E-state index in [4.69, 9.17) is 10.5 Å². The first-order valence-corrected chi connectivity index (χ1v) is 11.5. The van der Waals surface area contributed by atoms with Crippen LogP contribution in [0.15, 0.2) is 36.8 Å². The smallest absolute Gasteiger partial charge is 0.289 e. The van der Waals surface area contributed by atoms with Gasteiger partial charge in [0, 0.05) is 23.9 Å². The second-order valence-electron chi connectivity index (χ2n) is 8.63. The number of carbonyl (C=O) groups excluding carboxylic acids is 3. The zero-order valence-corrected chi connectivity index (χ0v) is 19.8. The largest absolute Gasteiger partial charge is 0.484 e. The first kappa shape index (κ1) is 23.4. The van der Waals surface area contributed by atoms with Gasteiger partial charge in [-0.3, -0.25) is 14.4 Å². The van der Waals surface area contributed by atoms with E-state index >= 15 is 0 Å². The fourth-order valence-electron chi connectivity index (χ4n) is 3.01. The molecule has 1 aliphatic rings. The molecule has 34 heavy (non-hydrogen) atoms. The summed E-state index contributed by atoms with van der Waals surface area (Å²) in [6.45, 7) is 4.89. The highest BCUT2D eigenvalue weighted by Crippen LogP contribution is 2.33. The molecule has 10 nitrogen and oxygen atoms in total. The SMILES string of the molecule is CC(Oc1ccc(C(=O)C2CC2)nc1)c1cc(-c2cnc(C(=O)NC(C)(C)C(N)=O)nc2)ns1. The summed E-state index contributed by atoms with van der Waals surface area (Å²) < 4.78 is 10.4. The molecule has 0 spiro atoms. The molecule has 0 radical (unpaired) electrons. The molecule has 0 bridgehead atoms. The van der Waals surface area contributed by atoms with Gasteiger partial charge in [0.05, 0.1) is 16.8 Å².